The monoisotopic (exact) mass is 258 g/mol. The summed E-state index contributed by atoms with van der Waals surface area (Å²) in [5, 5.41) is 12.4. The molecule has 1 aromatic heterocycles. The fraction of sp³-hybridized carbons (Fsp3) is 0.400. The van der Waals surface area contributed by atoms with E-state index in [2.05, 4.69) is 20.0 Å². The Balaban J connectivity index is 2.28. The largest absolute Gasteiger partial charge is 0.368 e. The van der Waals surface area contributed by atoms with Crippen LogP contribution in [-0.4, -0.2) is 29.0 Å². The SMILES string of the molecule is N#Cc1cnc(N)nc1N1CC(CN=[N+]=[N-])CC1=O. The number of aromatic nitrogens is 2. The van der Waals surface area contributed by atoms with Crippen LogP contribution in [0.25, 0.3) is 10.4 Å². The van der Waals surface area contributed by atoms with Gasteiger partial charge in [-0.25, -0.2) is 4.98 Å². The summed E-state index contributed by atoms with van der Waals surface area (Å²) >= 11 is 0. The highest BCUT2D eigenvalue weighted by atomic mass is 16.2. The van der Waals surface area contributed by atoms with Gasteiger partial charge in [-0.3, -0.25) is 9.69 Å². The van der Waals surface area contributed by atoms with Gasteiger partial charge in [0.2, 0.25) is 11.9 Å². The van der Waals surface area contributed by atoms with Gasteiger partial charge in [-0.15, -0.1) is 0 Å². The summed E-state index contributed by atoms with van der Waals surface area (Å²) in [6, 6.07) is 1.92. The third-order valence-electron chi connectivity index (χ3n) is 2.77. The number of amides is 1. The molecule has 1 unspecified atom stereocenters. The van der Waals surface area contributed by atoms with E-state index in [0.717, 1.165) is 0 Å². The number of carbonyl (C=O) groups excluding carboxylic acids is 1. The lowest BCUT2D eigenvalue weighted by Gasteiger charge is -2.16. The van der Waals surface area contributed by atoms with Gasteiger partial charge in [-0.05, 0) is 11.4 Å². The van der Waals surface area contributed by atoms with Crippen LogP contribution in [0.5, 0.6) is 0 Å². The fourth-order valence-electron chi connectivity index (χ4n) is 1.93. The topological polar surface area (TPSA) is 145 Å². The molecule has 0 bridgehead atoms. The Morgan fingerprint density at radius 2 is 2.53 bits per heavy atom. The van der Waals surface area contributed by atoms with Crippen LogP contribution in [0, 0.1) is 17.2 Å². The van der Waals surface area contributed by atoms with E-state index in [1.165, 1.54) is 11.1 Å². The molecular formula is C10H10N8O. The maximum atomic E-state index is 11.9. The lowest BCUT2D eigenvalue weighted by atomic mass is 10.1. The van der Waals surface area contributed by atoms with Crippen LogP contribution in [0.2, 0.25) is 0 Å². The van der Waals surface area contributed by atoms with Crippen molar-refractivity contribution in [3.05, 3.63) is 22.2 Å². The summed E-state index contributed by atoms with van der Waals surface area (Å²) in [5.41, 5.74) is 13.9. The zero-order valence-corrected chi connectivity index (χ0v) is 9.89. The van der Waals surface area contributed by atoms with Crippen LogP contribution < -0.4 is 10.6 Å². The van der Waals surface area contributed by atoms with Gasteiger partial charge in [0.05, 0.1) is 6.20 Å². The summed E-state index contributed by atoms with van der Waals surface area (Å²) in [6.45, 7) is 0.587. The quantitative estimate of drug-likeness (QED) is 0.479. The Labute approximate surface area is 108 Å². The smallest absolute Gasteiger partial charge is 0.228 e. The number of nitrogens with two attached hydrogens (primary N) is 1. The molecule has 1 atom stereocenters. The molecule has 2 N–H and O–H groups in total. The molecule has 1 fully saturated rings. The molecule has 9 heteroatoms. The summed E-state index contributed by atoms with van der Waals surface area (Å²) in [4.78, 5) is 23.6. The van der Waals surface area contributed by atoms with E-state index in [-0.39, 0.29) is 42.1 Å². The van der Waals surface area contributed by atoms with Crippen molar-refractivity contribution in [1.29, 1.82) is 5.26 Å². The van der Waals surface area contributed by atoms with Crippen LogP contribution in [0.4, 0.5) is 11.8 Å². The van der Waals surface area contributed by atoms with Gasteiger partial charge in [0, 0.05) is 24.4 Å². The summed E-state index contributed by atoms with van der Waals surface area (Å²) in [7, 11) is 0. The number of nitriles is 1. The highest BCUT2D eigenvalue weighted by Gasteiger charge is 2.32. The summed E-state index contributed by atoms with van der Waals surface area (Å²) in [5.74, 6) is -0.0393. The molecular weight excluding hydrogens is 248 g/mol. The number of nitrogen functional groups attached to an aromatic ring is 1. The predicted molar refractivity (Wildman–Crippen MR) is 65.6 cm³/mol. The van der Waals surface area contributed by atoms with Crippen molar-refractivity contribution < 1.29 is 4.79 Å². The van der Waals surface area contributed by atoms with Gasteiger partial charge in [-0.2, -0.15) is 10.2 Å². The number of nitrogens with zero attached hydrogens (tertiary/aromatic N) is 7. The van der Waals surface area contributed by atoms with Crippen LogP contribution >= 0.6 is 0 Å². The number of hydrogen-bond acceptors (Lipinski definition) is 6. The van der Waals surface area contributed by atoms with Gasteiger partial charge in [0.1, 0.15) is 11.6 Å². The molecule has 0 radical (unpaired) electrons. The molecule has 1 saturated heterocycles. The molecule has 1 aliphatic heterocycles. The van der Waals surface area contributed by atoms with Gasteiger partial charge in [-0.1, -0.05) is 5.11 Å². The number of anilines is 2. The van der Waals surface area contributed by atoms with E-state index in [1.807, 2.05) is 6.07 Å². The summed E-state index contributed by atoms with van der Waals surface area (Å²) < 4.78 is 0. The molecule has 0 aliphatic carbocycles. The zero-order chi connectivity index (χ0) is 13.8. The van der Waals surface area contributed by atoms with Gasteiger partial charge < -0.3 is 5.73 Å². The lowest BCUT2D eigenvalue weighted by molar-refractivity contribution is -0.117. The van der Waals surface area contributed by atoms with Crippen molar-refractivity contribution in [1.82, 2.24) is 9.97 Å². The van der Waals surface area contributed by atoms with Crippen molar-refractivity contribution in [2.75, 3.05) is 23.7 Å². The van der Waals surface area contributed by atoms with Crippen molar-refractivity contribution >= 4 is 17.7 Å². The predicted octanol–water partition coefficient (Wildman–Crippen LogP) is 0.594. The molecule has 2 rings (SSSR count). The van der Waals surface area contributed by atoms with Crippen molar-refractivity contribution in [3.8, 4) is 6.07 Å². The second-order valence-corrected chi connectivity index (χ2v) is 4.07. The highest BCUT2D eigenvalue weighted by Crippen LogP contribution is 2.26. The molecule has 2 heterocycles. The normalized spacial score (nSPS) is 17.9. The minimum atomic E-state index is -0.173. The first-order chi connectivity index (χ1) is 9.15. The van der Waals surface area contributed by atoms with Crippen LogP contribution in [0.1, 0.15) is 12.0 Å². The van der Waals surface area contributed by atoms with E-state index >= 15 is 0 Å². The lowest BCUT2D eigenvalue weighted by Crippen LogP contribution is -2.27. The van der Waals surface area contributed by atoms with E-state index in [1.54, 1.807) is 0 Å². The Morgan fingerprint density at radius 1 is 1.74 bits per heavy atom. The van der Waals surface area contributed by atoms with Gasteiger partial charge in [0.15, 0.2) is 5.82 Å². The number of carbonyl (C=O) groups is 1. The molecule has 19 heavy (non-hydrogen) atoms. The van der Waals surface area contributed by atoms with Crippen molar-refractivity contribution in [2.45, 2.75) is 6.42 Å². The molecule has 0 spiro atoms. The standard InChI is InChI=1S/C10H10N8O/c11-2-7-4-14-10(12)16-9(7)18-5-6(1-8(18)19)3-15-17-13/h4,6H,1,3,5H2,(H2,12,14,16). The third-order valence-corrected chi connectivity index (χ3v) is 2.77. The number of hydrogen-bond donors (Lipinski definition) is 1. The first kappa shape index (κ1) is 12.6. The molecule has 96 valence electrons. The van der Waals surface area contributed by atoms with E-state index in [0.29, 0.717) is 6.54 Å². The Morgan fingerprint density at radius 3 is 3.21 bits per heavy atom. The van der Waals surface area contributed by atoms with Gasteiger partial charge >= 0.3 is 0 Å². The Hall–Kier alpha value is -2.85. The first-order valence-corrected chi connectivity index (χ1v) is 5.49. The molecule has 1 amide bonds. The molecule has 0 aromatic carbocycles. The maximum Gasteiger partial charge on any atom is 0.228 e. The second kappa shape index (κ2) is 5.20. The Bertz CT molecular complexity index is 600. The Kier molecular flexibility index (Phi) is 3.45. The average Bonchev–Trinajstić information content (AvgIpc) is 2.77. The van der Waals surface area contributed by atoms with E-state index in [9.17, 15) is 4.79 Å². The zero-order valence-electron chi connectivity index (χ0n) is 9.89. The average molecular weight is 258 g/mol. The fourth-order valence-corrected chi connectivity index (χ4v) is 1.93. The minimum Gasteiger partial charge on any atom is -0.368 e. The molecule has 9 nitrogen and oxygen atoms in total. The van der Waals surface area contributed by atoms with Crippen LogP contribution in [0.15, 0.2) is 11.3 Å². The van der Waals surface area contributed by atoms with E-state index in [4.69, 9.17) is 16.5 Å². The van der Waals surface area contributed by atoms with Crippen LogP contribution in [-0.2, 0) is 4.79 Å². The number of azide groups is 1. The third kappa shape index (κ3) is 2.53. The number of rotatable bonds is 3. The first-order valence-electron chi connectivity index (χ1n) is 5.49. The van der Waals surface area contributed by atoms with Crippen molar-refractivity contribution in [3.63, 3.8) is 0 Å². The van der Waals surface area contributed by atoms with E-state index < -0.39 is 0 Å². The van der Waals surface area contributed by atoms with Crippen LogP contribution in [0.3, 0.4) is 0 Å². The van der Waals surface area contributed by atoms with Gasteiger partial charge in [0.25, 0.3) is 0 Å². The molecule has 0 saturated carbocycles. The van der Waals surface area contributed by atoms with Crippen molar-refractivity contribution in [2.24, 2.45) is 11.0 Å². The maximum absolute atomic E-state index is 11.9. The molecule has 1 aromatic rings. The second-order valence-electron chi connectivity index (χ2n) is 4.07. The minimum absolute atomic E-state index is 0.000274. The summed E-state index contributed by atoms with van der Waals surface area (Å²) in [6.07, 6.45) is 1.54. The highest BCUT2D eigenvalue weighted by molar-refractivity contribution is 5.96. The molecule has 1 aliphatic rings.